The summed E-state index contributed by atoms with van der Waals surface area (Å²) in [5, 5.41) is 3.69. The van der Waals surface area contributed by atoms with Gasteiger partial charge in [0.1, 0.15) is 16.6 Å². The maximum absolute atomic E-state index is 13.5. The lowest BCUT2D eigenvalue weighted by Crippen LogP contribution is -2.13. The molecule has 6 heteroatoms. The van der Waals surface area contributed by atoms with Crippen molar-refractivity contribution in [3.05, 3.63) is 75.9 Å². The molecule has 1 aliphatic rings. The van der Waals surface area contributed by atoms with Crippen molar-refractivity contribution in [2.45, 2.75) is 39.0 Å². The van der Waals surface area contributed by atoms with Gasteiger partial charge in [0.15, 0.2) is 0 Å². The third-order valence-corrected chi connectivity index (χ3v) is 6.43. The number of fused-ring (bicyclic) bond motifs is 1. The van der Waals surface area contributed by atoms with Crippen LogP contribution in [0.3, 0.4) is 0 Å². The molecule has 0 unspecified atom stereocenters. The Balaban J connectivity index is 1.64. The molecule has 2 aromatic carbocycles. The van der Waals surface area contributed by atoms with Gasteiger partial charge in [0.25, 0.3) is 5.91 Å². The SMILES string of the molecule is CCOc1ccc(NC(=O)c2c(/N=C/c3cccc(F)c3)sc3c2CCCCC3)cc1. The molecule has 4 rings (SSSR count). The molecule has 1 heterocycles. The third-order valence-electron chi connectivity index (χ3n) is 5.23. The summed E-state index contributed by atoms with van der Waals surface area (Å²) in [6.07, 6.45) is 6.85. The summed E-state index contributed by atoms with van der Waals surface area (Å²) in [6.45, 7) is 2.53. The van der Waals surface area contributed by atoms with Crippen LogP contribution in [0.25, 0.3) is 0 Å². The van der Waals surface area contributed by atoms with Gasteiger partial charge in [-0.25, -0.2) is 9.38 Å². The Morgan fingerprint density at radius 3 is 2.74 bits per heavy atom. The Hall–Kier alpha value is -2.99. The minimum atomic E-state index is -0.306. The molecule has 0 spiro atoms. The van der Waals surface area contributed by atoms with Crippen LogP contribution in [0.15, 0.2) is 53.5 Å². The number of nitrogens with one attached hydrogen (secondary N) is 1. The Morgan fingerprint density at radius 1 is 1.16 bits per heavy atom. The van der Waals surface area contributed by atoms with Crippen molar-refractivity contribution in [2.24, 2.45) is 4.99 Å². The fraction of sp³-hybridized carbons (Fsp3) is 0.280. The van der Waals surface area contributed by atoms with E-state index in [0.717, 1.165) is 37.0 Å². The van der Waals surface area contributed by atoms with Crippen LogP contribution in [0.5, 0.6) is 5.75 Å². The molecular formula is C25H25FN2O2S. The fourth-order valence-corrected chi connectivity index (χ4v) is 5.00. The van der Waals surface area contributed by atoms with Gasteiger partial charge in [-0.3, -0.25) is 4.79 Å². The van der Waals surface area contributed by atoms with Crippen molar-refractivity contribution >= 4 is 34.1 Å². The van der Waals surface area contributed by atoms with Gasteiger partial charge in [-0.2, -0.15) is 0 Å². The van der Waals surface area contributed by atoms with Gasteiger partial charge in [0.05, 0.1) is 12.2 Å². The molecule has 1 aliphatic carbocycles. The standard InChI is InChI=1S/C25H25FN2O2S/c1-2-30-20-13-11-19(12-14-20)28-24(29)23-21-9-4-3-5-10-22(21)31-25(23)27-16-17-7-6-8-18(26)15-17/h6-8,11-16H,2-5,9-10H2,1H3,(H,28,29)/b27-16+. The second-order valence-electron chi connectivity index (χ2n) is 7.47. The first-order valence-electron chi connectivity index (χ1n) is 10.6. The van der Waals surface area contributed by atoms with E-state index in [2.05, 4.69) is 10.3 Å². The summed E-state index contributed by atoms with van der Waals surface area (Å²) in [7, 11) is 0. The van der Waals surface area contributed by atoms with E-state index < -0.39 is 0 Å². The predicted molar refractivity (Wildman–Crippen MR) is 125 cm³/mol. The first-order chi connectivity index (χ1) is 15.1. The molecule has 0 bridgehead atoms. The van der Waals surface area contributed by atoms with Crippen molar-refractivity contribution < 1.29 is 13.9 Å². The van der Waals surface area contributed by atoms with Crippen molar-refractivity contribution in [3.63, 3.8) is 0 Å². The Morgan fingerprint density at radius 2 is 1.97 bits per heavy atom. The van der Waals surface area contributed by atoms with Crippen LogP contribution in [0, 0.1) is 5.82 Å². The van der Waals surface area contributed by atoms with Crippen LogP contribution in [-0.4, -0.2) is 18.7 Å². The maximum Gasteiger partial charge on any atom is 0.259 e. The molecule has 31 heavy (non-hydrogen) atoms. The summed E-state index contributed by atoms with van der Waals surface area (Å²) in [5.41, 5.74) is 3.13. The average molecular weight is 437 g/mol. The number of benzene rings is 2. The van der Waals surface area contributed by atoms with Crippen molar-refractivity contribution in [3.8, 4) is 5.75 Å². The molecule has 1 N–H and O–H groups in total. The lowest BCUT2D eigenvalue weighted by Gasteiger charge is -2.09. The van der Waals surface area contributed by atoms with Crippen LogP contribution in [-0.2, 0) is 12.8 Å². The Kier molecular flexibility index (Phi) is 6.77. The predicted octanol–water partition coefficient (Wildman–Crippen LogP) is 6.56. The van der Waals surface area contributed by atoms with Gasteiger partial charge in [0.2, 0.25) is 0 Å². The number of carbonyl (C=O) groups is 1. The molecule has 1 amide bonds. The van der Waals surface area contributed by atoms with Gasteiger partial charge in [-0.05, 0) is 80.1 Å². The van der Waals surface area contributed by atoms with Gasteiger partial charge in [-0.1, -0.05) is 18.6 Å². The average Bonchev–Trinajstić information content (AvgIpc) is 2.95. The zero-order chi connectivity index (χ0) is 21.6. The van der Waals surface area contributed by atoms with E-state index in [-0.39, 0.29) is 11.7 Å². The number of anilines is 1. The van der Waals surface area contributed by atoms with Crippen molar-refractivity contribution in [1.29, 1.82) is 0 Å². The minimum Gasteiger partial charge on any atom is -0.494 e. The van der Waals surface area contributed by atoms with Gasteiger partial charge < -0.3 is 10.1 Å². The first-order valence-corrected chi connectivity index (χ1v) is 11.4. The molecule has 0 radical (unpaired) electrons. The second-order valence-corrected chi connectivity index (χ2v) is 8.55. The first kappa shape index (κ1) is 21.2. The molecule has 0 saturated heterocycles. The van der Waals surface area contributed by atoms with Crippen molar-refractivity contribution in [1.82, 2.24) is 0 Å². The molecule has 1 aromatic heterocycles. The summed E-state index contributed by atoms with van der Waals surface area (Å²) in [5.74, 6) is 0.305. The number of hydrogen-bond acceptors (Lipinski definition) is 4. The van der Waals surface area contributed by atoms with Crippen LogP contribution >= 0.6 is 11.3 Å². The number of rotatable bonds is 6. The number of thiophene rings is 1. The van der Waals surface area contributed by atoms with Gasteiger partial charge in [0, 0.05) is 16.8 Å². The summed E-state index contributed by atoms with van der Waals surface area (Å²) in [4.78, 5) is 19.1. The maximum atomic E-state index is 13.5. The number of hydrogen-bond donors (Lipinski definition) is 1. The molecule has 0 atom stereocenters. The number of amides is 1. The number of aryl methyl sites for hydroxylation is 1. The second kappa shape index (κ2) is 9.88. The topological polar surface area (TPSA) is 50.7 Å². The van der Waals surface area contributed by atoms with E-state index in [1.165, 1.54) is 23.4 Å². The van der Waals surface area contributed by atoms with Crippen LogP contribution < -0.4 is 10.1 Å². The highest BCUT2D eigenvalue weighted by molar-refractivity contribution is 7.16. The summed E-state index contributed by atoms with van der Waals surface area (Å²) < 4.78 is 19.0. The third kappa shape index (κ3) is 5.20. The molecular weight excluding hydrogens is 411 g/mol. The van der Waals surface area contributed by atoms with E-state index in [1.807, 2.05) is 31.2 Å². The molecule has 0 aliphatic heterocycles. The van der Waals surface area contributed by atoms with E-state index in [4.69, 9.17) is 4.74 Å². The highest BCUT2D eigenvalue weighted by Gasteiger charge is 2.24. The smallest absolute Gasteiger partial charge is 0.259 e. The number of carbonyl (C=O) groups excluding carboxylic acids is 1. The number of aliphatic imine (C=N–C) groups is 1. The number of ether oxygens (including phenoxy) is 1. The molecule has 3 aromatic rings. The fourth-order valence-electron chi connectivity index (χ4n) is 3.77. The minimum absolute atomic E-state index is 0.157. The lowest BCUT2D eigenvalue weighted by atomic mass is 10.0. The van der Waals surface area contributed by atoms with E-state index >= 15 is 0 Å². The Bertz CT molecular complexity index is 1090. The monoisotopic (exact) mass is 436 g/mol. The van der Waals surface area contributed by atoms with E-state index in [9.17, 15) is 9.18 Å². The normalized spacial score (nSPS) is 13.6. The summed E-state index contributed by atoms with van der Waals surface area (Å²) >= 11 is 1.57. The highest BCUT2D eigenvalue weighted by atomic mass is 32.1. The van der Waals surface area contributed by atoms with Crippen LogP contribution in [0.4, 0.5) is 15.1 Å². The molecule has 4 nitrogen and oxygen atoms in total. The van der Waals surface area contributed by atoms with Gasteiger partial charge >= 0.3 is 0 Å². The Labute approximate surface area is 185 Å². The molecule has 0 fully saturated rings. The number of nitrogens with zero attached hydrogens (tertiary/aromatic N) is 1. The van der Waals surface area contributed by atoms with Crippen LogP contribution in [0.1, 0.15) is 52.5 Å². The largest absolute Gasteiger partial charge is 0.494 e. The molecule has 160 valence electrons. The molecule has 0 saturated carbocycles. The lowest BCUT2D eigenvalue weighted by molar-refractivity contribution is 0.102. The number of halogens is 1. The van der Waals surface area contributed by atoms with Gasteiger partial charge in [-0.15, -0.1) is 11.3 Å². The van der Waals surface area contributed by atoms with E-state index in [1.54, 1.807) is 29.7 Å². The zero-order valence-electron chi connectivity index (χ0n) is 17.5. The summed E-state index contributed by atoms with van der Waals surface area (Å²) in [6, 6.07) is 13.6. The van der Waals surface area contributed by atoms with E-state index in [0.29, 0.717) is 28.4 Å². The zero-order valence-corrected chi connectivity index (χ0v) is 18.3. The van der Waals surface area contributed by atoms with Crippen molar-refractivity contribution in [2.75, 3.05) is 11.9 Å². The highest BCUT2D eigenvalue weighted by Crippen LogP contribution is 2.39. The van der Waals surface area contributed by atoms with Crippen LogP contribution in [0.2, 0.25) is 0 Å². The quantitative estimate of drug-likeness (QED) is 0.351.